The van der Waals surface area contributed by atoms with Gasteiger partial charge in [-0.15, -0.1) is 0 Å². The van der Waals surface area contributed by atoms with Crippen molar-refractivity contribution in [1.82, 2.24) is 4.57 Å². The Bertz CT molecular complexity index is 3850. The molecule has 3 nitrogen and oxygen atoms in total. The van der Waals surface area contributed by atoms with E-state index >= 15 is 0 Å². The van der Waals surface area contributed by atoms with Gasteiger partial charge in [-0.05, 0) is 134 Å². The van der Waals surface area contributed by atoms with Gasteiger partial charge in [0.2, 0.25) is 0 Å². The van der Waals surface area contributed by atoms with Crippen LogP contribution in [0.3, 0.4) is 0 Å². The summed E-state index contributed by atoms with van der Waals surface area (Å²) in [7, 11) is 0. The number of benzene rings is 10. The largest absolute Gasteiger partial charge is 0.454 e. The molecule has 312 valence electrons. The van der Waals surface area contributed by atoms with Crippen LogP contribution in [0, 0.1) is 0 Å². The van der Waals surface area contributed by atoms with E-state index in [0.717, 1.165) is 44.6 Å². The number of anilines is 3. The van der Waals surface area contributed by atoms with Gasteiger partial charge in [0.1, 0.15) is 5.58 Å². The molecule has 1 aliphatic rings. The SMILES string of the molecule is CC1(C)c2ccccc2-c2ccc(N(c3ccc(-c4cccc(-c5cccc(-c6ccc7c(c6)c6ccccc6n7-c6ccccc6)c5)c4)cc3)c3cccc4c3oc3ccccc34)cc21. The Morgan fingerprint density at radius 2 is 0.955 bits per heavy atom. The Kier molecular flexibility index (Phi) is 8.56. The molecule has 0 N–H and O–H groups in total. The number of furan rings is 1. The number of hydrogen-bond acceptors (Lipinski definition) is 2. The summed E-state index contributed by atoms with van der Waals surface area (Å²) in [5, 5.41) is 4.73. The van der Waals surface area contributed by atoms with Gasteiger partial charge in [0.25, 0.3) is 0 Å². The molecule has 0 bridgehead atoms. The Hall–Kier alpha value is -8.40. The lowest BCUT2D eigenvalue weighted by molar-refractivity contribution is 0.660. The van der Waals surface area contributed by atoms with E-state index in [4.69, 9.17) is 4.42 Å². The number of fused-ring (bicyclic) bond motifs is 9. The maximum absolute atomic E-state index is 6.69. The third-order valence-electron chi connectivity index (χ3n) is 14.0. The molecule has 2 heterocycles. The minimum absolute atomic E-state index is 0.134. The number of nitrogens with zero attached hydrogens (tertiary/aromatic N) is 2. The number of hydrogen-bond donors (Lipinski definition) is 0. The van der Waals surface area contributed by atoms with E-state index in [9.17, 15) is 0 Å². The highest BCUT2D eigenvalue weighted by atomic mass is 16.3. The first-order valence-corrected chi connectivity index (χ1v) is 22.8. The van der Waals surface area contributed by atoms with E-state index in [1.807, 2.05) is 6.07 Å². The topological polar surface area (TPSA) is 21.3 Å². The van der Waals surface area contributed by atoms with Crippen LogP contribution < -0.4 is 4.90 Å². The summed E-state index contributed by atoms with van der Waals surface area (Å²) in [6.07, 6.45) is 0. The Balaban J connectivity index is 0.868. The first kappa shape index (κ1) is 38.1. The van der Waals surface area contributed by atoms with Crippen molar-refractivity contribution in [3.05, 3.63) is 242 Å². The zero-order chi connectivity index (χ0) is 43.9. The maximum Gasteiger partial charge on any atom is 0.159 e. The molecule has 0 fully saturated rings. The molecule has 1 aliphatic carbocycles. The summed E-state index contributed by atoms with van der Waals surface area (Å²) in [5.74, 6) is 0. The first-order valence-electron chi connectivity index (χ1n) is 22.8. The summed E-state index contributed by atoms with van der Waals surface area (Å²) in [6, 6.07) is 83.8. The van der Waals surface area contributed by atoms with Crippen LogP contribution in [-0.4, -0.2) is 4.57 Å². The monoisotopic (exact) mass is 844 g/mol. The summed E-state index contributed by atoms with van der Waals surface area (Å²) in [6.45, 7) is 4.69. The van der Waals surface area contributed by atoms with E-state index in [0.29, 0.717) is 0 Å². The second-order valence-corrected chi connectivity index (χ2v) is 18.1. The van der Waals surface area contributed by atoms with E-state index in [1.165, 1.54) is 77.6 Å². The molecule has 0 atom stereocenters. The van der Waals surface area contributed by atoms with Gasteiger partial charge in [-0.2, -0.15) is 0 Å². The normalized spacial score (nSPS) is 12.8. The van der Waals surface area contributed by atoms with Crippen molar-refractivity contribution >= 4 is 60.8 Å². The smallest absolute Gasteiger partial charge is 0.159 e. The zero-order valence-corrected chi connectivity index (χ0v) is 36.7. The predicted molar refractivity (Wildman–Crippen MR) is 277 cm³/mol. The number of rotatable bonds is 7. The highest BCUT2D eigenvalue weighted by molar-refractivity contribution is 6.11. The van der Waals surface area contributed by atoms with Crippen LogP contribution in [0.5, 0.6) is 0 Å². The minimum atomic E-state index is -0.134. The van der Waals surface area contributed by atoms with Crippen LogP contribution >= 0.6 is 0 Å². The van der Waals surface area contributed by atoms with Crippen molar-refractivity contribution in [2.45, 2.75) is 19.3 Å². The second kappa shape index (κ2) is 14.8. The number of para-hydroxylation sites is 4. The molecule has 0 spiro atoms. The Morgan fingerprint density at radius 3 is 1.74 bits per heavy atom. The fraction of sp³-hybridized carbons (Fsp3) is 0.0476. The molecule has 0 saturated carbocycles. The van der Waals surface area contributed by atoms with Gasteiger partial charge in [0.05, 0.1) is 16.7 Å². The fourth-order valence-corrected chi connectivity index (χ4v) is 10.7. The molecule has 2 aromatic heterocycles. The van der Waals surface area contributed by atoms with Crippen molar-refractivity contribution in [2.24, 2.45) is 0 Å². The molecule has 0 aliphatic heterocycles. The van der Waals surface area contributed by atoms with Gasteiger partial charge in [-0.25, -0.2) is 0 Å². The van der Waals surface area contributed by atoms with Crippen LogP contribution in [0.2, 0.25) is 0 Å². The van der Waals surface area contributed by atoms with Crippen molar-refractivity contribution in [2.75, 3.05) is 4.90 Å². The summed E-state index contributed by atoms with van der Waals surface area (Å²) in [4.78, 5) is 2.37. The van der Waals surface area contributed by atoms with Crippen molar-refractivity contribution in [3.63, 3.8) is 0 Å². The van der Waals surface area contributed by atoms with Gasteiger partial charge in [0.15, 0.2) is 5.58 Å². The predicted octanol–water partition coefficient (Wildman–Crippen LogP) is 17.5. The number of aromatic nitrogens is 1. The molecule has 13 rings (SSSR count). The molecular weight excluding hydrogens is 801 g/mol. The van der Waals surface area contributed by atoms with Crippen LogP contribution in [0.25, 0.3) is 93.9 Å². The standard InChI is InChI=1S/C63H44N2O/c1-63(2)56-25-9-6-21-50(56)51-35-34-49(40-57(51)63)64(60-27-14-24-54-53-23-8-11-28-61(53)66-62(54)60)48-32-29-41(30-33-48)42-15-12-16-43(37-42)44-17-13-18-45(38-44)46-31-36-59-55(39-46)52-22-7-10-26-58(52)65(59)47-19-4-3-5-20-47/h3-40H,1-2H3. The molecule has 0 saturated heterocycles. The summed E-state index contributed by atoms with van der Waals surface area (Å²) >= 11 is 0. The Labute approximate surface area is 384 Å². The quantitative estimate of drug-likeness (QED) is 0.159. The van der Waals surface area contributed by atoms with Crippen molar-refractivity contribution in [1.29, 1.82) is 0 Å². The molecule has 0 amide bonds. The maximum atomic E-state index is 6.69. The molecule has 3 heteroatoms. The van der Waals surface area contributed by atoms with Gasteiger partial charge < -0.3 is 13.9 Å². The second-order valence-electron chi connectivity index (χ2n) is 18.1. The molecule has 0 unspecified atom stereocenters. The van der Waals surface area contributed by atoms with Gasteiger partial charge in [0, 0.05) is 44.0 Å². The van der Waals surface area contributed by atoms with Crippen LogP contribution in [0.1, 0.15) is 25.0 Å². The molecular formula is C63H44N2O. The lowest BCUT2D eigenvalue weighted by Crippen LogP contribution is -2.16. The van der Waals surface area contributed by atoms with E-state index in [2.05, 4.69) is 248 Å². The third kappa shape index (κ3) is 5.97. The highest BCUT2D eigenvalue weighted by Gasteiger charge is 2.36. The summed E-state index contributed by atoms with van der Waals surface area (Å²) in [5.41, 5.74) is 20.8. The molecule has 66 heavy (non-hydrogen) atoms. The van der Waals surface area contributed by atoms with Crippen LogP contribution in [-0.2, 0) is 5.41 Å². The zero-order valence-electron chi connectivity index (χ0n) is 36.7. The molecule has 0 radical (unpaired) electrons. The summed E-state index contributed by atoms with van der Waals surface area (Å²) < 4.78 is 9.06. The lowest BCUT2D eigenvalue weighted by Gasteiger charge is -2.28. The first-order chi connectivity index (χ1) is 32.5. The van der Waals surface area contributed by atoms with Gasteiger partial charge >= 0.3 is 0 Å². The van der Waals surface area contributed by atoms with Gasteiger partial charge in [-0.1, -0.05) is 166 Å². The average molecular weight is 845 g/mol. The molecule has 12 aromatic rings. The van der Waals surface area contributed by atoms with E-state index < -0.39 is 0 Å². The van der Waals surface area contributed by atoms with Crippen LogP contribution in [0.15, 0.2) is 235 Å². The van der Waals surface area contributed by atoms with Crippen molar-refractivity contribution < 1.29 is 4.42 Å². The third-order valence-corrected chi connectivity index (χ3v) is 14.0. The van der Waals surface area contributed by atoms with Crippen LogP contribution in [0.4, 0.5) is 17.1 Å². The van der Waals surface area contributed by atoms with E-state index in [-0.39, 0.29) is 5.41 Å². The highest BCUT2D eigenvalue weighted by Crippen LogP contribution is 2.51. The average Bonchev–Trinajstić information content (AvgIpc) is 4.00. The van der Waals surface area contributed by atoms with E-state index in [1.54, 1.807) is 0 Å². The Morgan fingerprint density at radius 1 is 0.379 bits per heavy atom. The van der Waals surface area contributed by atoms with Gasteiger partial charge in [-0.3, -0.25) is 0 Å². The fourth-order valence-electron chi connectivity index (χ4n) is 10.7. The van der Waals surface area contributed by atoms with Crippen molar-refractivity contribution in [3.8, 4) is 50.2 Å². The minimum Gasteiger partial charge on any atom is -0.454 e. The lowest BCUT2D eigenvalue weighted by atomic mass is 9.82. The molecule has 10 aromatic carbocycles.